The standard InChI is InChI=1S/C46H39F2N3O15/c1-23-3-7-33(50(19-40(53)54)20-41(55)56)38(11-23)64-9-10-65-39-13-25(4-8-34(39)51(21-42(57)58)22-43(59)60)18-49-45(61)26-5-6-27(28(14-26)46(62)63)44-29-15-31(47)24(2)12-36(29)66-37-17-35(52)32(48)16-30(37)44/h3-8,11-17H,9-10,18-22H2,1-2H3,(H,49,61)(H,53,54)(H,55,56)(H,57,58)(H,59,60)(H,62,63). The molecule has 2 aliphatic rings. The van der Waals surface area contributed by atoms with Gasteiger partial charge in [0.15, 0.2) is 5.82 Å². The van der Waals surface area contributed by atoms with Crippen LogP contribution in [-0.2, 0) is 25.7 Å². The summed E-state index contributed by atoms with van der Waals surface area (Å²) in [5, 5.41) is 51.0. The molecule has 0 fully saturated rings. The molecule has 6 N–H and O–H groups in total. The summed E-state index contributed by atoms with van der Waals surface area (Å²) in [4.78, 5) is 87.2. The quantitative estimate of drug-likeness (QED) is 0.0408. The maximum Gasteiger partial charge on any atom is 0.336 e. The topological polar surface area (TPSA) is 271 Å². The molecule has 20 heteroatoms. The van der Waals surface area contributed by atoms with Crippen molar-refractivity contribution in [1.29, 1.82) is 0 Å². The van der Waals surface area contributed by atoms with Crippen LogP contribution < -0.4 is 30.0 Å². The molecule has 342 valence electrons. The van der Waals surface area contributed by atoms with Gasteiger partial charge in [0.2, 0.25) is 5.43 Å². The first-order valence-electron chi connectivity index (χ1n) is 19.7. The molecule has 0 atom stereocenters. The van der Waals surface area contributed by atoms with Gasteiger partial charge in [-0.3, -0.25) is 28.8 Å². The Kier molecular flexibility index (Phi) is 14.1. The van der Waals surface area contributed by atoms with Gasteiger partial charge in [0.1, 0.15) is 68.1 Å². The normalized spacial score (nSPS) is 11.0. The van der Waals surface area contributed by atoms with Crippen LogP contribution in [-0.4, -0.2) is 101 Å². The third kappa shape index (κ3) is 11.0. The molecule has 0 bridgehead atoms. The molecule has 1 aliphatic heterocycles. The Labute approximate surface area is 371 Å². The molecule has 0 radical (unpaired) electrons. The average molecular weight is 912 g/mol. The van der Waals surface area contributed by atoms with E-state index in [0.29, 0.717) is 11.1 Å². The van der Waals surface area contributed by atoms with Crippen LogP contribution in [0.1, 0.15) is 37.4 Å². The summed E-state index contributed by atoms with van der Waals surface area (Å²) in [5.74, 6) is -9.40. The van der Waals surface area contributed by atoms with Crippen LogP contribution in [0.5, 0.6) is 11.5 Å². The Hall–Kier alpha value is -8.55. The maximum absolute atomic E-state index is 15.0. The van der Waals surface area contributed by atoms with E-state index >= 15 is 0 Å². The number of benzene rings is 5. The lowest BCUT2D eigenvalue weighted by Gasteiger charge is -2.25. The number of aliphatic carboxylic acids is 4. The lowest BCUT2D eigenvalue weighted by molar-refractivity contribution is -0.138. The number of carboxylic acid groups (broad SMARTS) is 5. The van der Waals surface area contributed by atoms with Crippen LogP contribution in [0.15, 0.2) is 88.1 Å². The van der Waals surface area contributed by atoms with E-state index in [1.54, 1.807) is 19.1 Å². The van der Waals surface area contributed by atoms with Gasteiger partial charge in [-0.05, 0) is 90.7 Å². The number of carbonyl (C=O) groups is 6. The molecule has 0 unspecified atom stereocenters. The summed E-state index contributed by atoms with van der Waals surface area (Å²) >= 11 is 0. The molecule has 0 spiro atoms. The van der Waals surface area contributed by atoms with E-state index in [0.717, 1.165) is 34.1 Å². The monoisotopic (exact) mass is 911 g/mol. The minimum Gasteiger partial charge on any atom is -0.488 e. The minimum absolute atomic E-state index is 0.0288. The molecule has 66 heavy (non-hydrogen) atoms. The van der Waals surface area contributed by atoms with E-state index in [4.69, 9.17) is 13.9 Å². The average Bonchev–Trinajstić information content (AvgIpc) is 3.23. The zero-order valence-corrected chi connectivity index (χ0v) is 34.9. The highest BCUT2D eigenvalue weighted by atomic mass is 19.1. The molecular formula is C46H39F2N3O15. The number of fused-ring (bicyclic) bond motifs is 2. The van der Waals surface area contributed by atoms with Crippen LogP contribution in [0.4, 0.5) is 20.2 Å². The second-order valence-corrected chi connectivity index (χ2v) is 14.9. The second-order valence-electron chi connectivity index (χ2n) is 14.9. The zero-order valence-electron chi connectivity index (χ0n) is 34.9. The number of amides is 1. The van der Waals surface area contributed by atoms with E-state index in [1.807, 2.05) is 0 Å². The number of hydrogen-bond donors (Lipinski definition) is 6. The lowest BCUT2D eigenvalue weighted by Crippen LogP contribution is -2.35. The van der Waals surface area contributed by atoms with Gasteiger partial charge in [0, 0.05) is 34.7 Å². The molecule has 6 rings (SSSR count). The SMILES string of the molecule is Cc1ccc(N(CC(=O)O)CC(=O)O)c(OCCOc2cc(CNC(=O)c3ccc(-c4c5cc(F)c(=O)cc-5oc5cc(C)c(F)cc45)c(C(=O)O)c3)ccc2N(CC(=O)O)CC(=O)O)c1. The highest BCUT2D eigenvalue weighted by Crippen LogP contribution is 2.42. The molecule has 1 heterocycles. The fourth-order valence-corrected chi connectivity index (χ4v) is 7.12. The number of nitrogens with zero attached hydrogens (tertiary/aromatic N) is 2. The lowest BCUT2D eigenvalue weighted by atomic mass is 9.89. The van der Waals surface area contributed by atoms with Crippen LogP contribution in [0.3, 0.4) is 0 Å². The first kappa shape index (κ1) is 46.9. The van der Waals surface area contributed by atoms with Crippen molar-refractivity contribution in [3.8, 4) is 33.9 Å². The van der Waals surface area contributed by atoms with E-state index in [-0.39, 0.29) is 87.2 Å². The summed E-state index contributed by atoms with van der Waals surface area (Å²) in [6.07, 6.45) is 0. The van der Waals surface area contributed by atoms with Gasteiger partial charge in [-0.1, -0.05) is 18.2 Å². The summed E-state index contributed by atoms with van der Waals surface area (Å²) in [5.41, 5.74) is -0.0860. The van der Waals surface area contributed by atoms with Gasteiger partial charge in [-0.15, -0.1) is 0 Å². The zero-order chi connectivity index (χ0) is 48.0. The Bertz CT molecular complexity index is 2920. The van der Waals surface area contributed by atoms with Crippen LogP contribution in [0.25, 0.3) is 33.4 Å². The second kappa shape index (κ2) is 19.9. The number of nitrogens with one attached hydrogen (secondary N) is 1. The summed E-state index contributed by atoms with van der Waals surface area (Å²) < 4.78 is 47.3. The third-order valence-electron chi connectivity index (χ3n) is 10.0. The molecule has 0 saturated carbocycles. The first-order valence-corrected chi connectivity index (χ1v) is 19.7. The molecule has 0 saturated heterocycles. The number of carbonyl (C=O) groups excluding carboxylic acids is 1. The predicted molar refractivity (Wildman–Crippen MR) is 231 cm³/mol. The van der Waals surface area contributed by atoms with E-state index < -0.39 is 84.6 Å². The van der Waals surface area contributed by atoms with Crippen LogP contribution >= 0.6 is 0 Å². The fourth-order valence-electron chi connectivity index (χ4n) is 7.12. The molecule has 4 aromatic rings. The third-order valence-corrected chi connectivity index (χ3v) is 10.0. The van der Waals surface area contributed by atoms with Gasteiger partial charge in [-0.25, -0.2) is 13.6 Å². The largest absolute Gasteiger partial charge is 0.488 e. The number of ether oxygens (including phenoxy) is 2. The number of hydrogen-bond acceptors (Lipinski definition) is 12. The predicted octanol–water partition coefficient (Wildman–Crippen LogP) is 5.50. The Balaban J connectivity index is 1.27. The van der Waals surface area contributed by atoms with Crippen molar-refractivity contribution in [2.75, 3.05) is 49.2 Å². The number of anilines is 2. The van der Waals surface area contributed by atoms with Gasteiger partial charge >= 0.3 is 29.8 Å². The van der Waals surface area contributed by atoms with Crippen molar-refractivity contribution >= 4 is 58.1 Å². The van der Waals surface area contributed by atoms with E-state index in [2.05, 4.69) is 5.32 Å². The number of aryl methyl sites for hydroxylation is 2. The van der Waals surface area contributed by atoms with Crippen molar-refractivity contribution in [1.82, 2.24) is 5.32 Å². The Morgan fingerprint density at radius 2 is 1.23 bits per heavy atom. The van der Waals surface area contributed by atoms with Crippen LogP contribution in [0, 0.1) is 25.5 Å². The minimum atomic E-state index is -1.50. The molecule has 1 amide bonds. The maximum atomic E-state index is 15.0. The van der Waals surface area contributed by atoms with Crippen molar-refractivity contribution in [2.24, 2.45) is 0 Å². The Morgan fingerprint density at radius 3 is 1.80 bits per heavy atom. The van der Waals surface area contributed by atoms with E-state index in [9.17, 15) is 67.9 Å². The van der Waals surface area contributed by atoms with Crippen molar-refractivity contribution in [3.05, 3.63) is 129 Å². The highest BCUT2D eigenvalue weighted by molar-refractivity contribution is 6.09. The molecule has 1 aliphatic carbocycles. The smallest absolute Gasteiger partial charge is 0.336 e. The van der Waals surface area contributed by atoms with Crippen molar-refractivity contribution in [3.63, 3.8) is 0 Å². The van der Waals surface area contributed by atoms with Gasteiger partial charge < -0.3 is 54.5 Å². The fraction of sp³-hybridized carbons (Fsp3) is 0.196. The molecule has 18 nitrogen and oxygen atoms in total. The van der Waals surface area contributed by atoms with Crippen molar-refractivity contribution < 1.29 is 77.0 Å². The molecular weight excluding hydrogens is 873 g/mol. The van der Waals surface area contributed by atoms with E-state index in [1.165, 1.54) is 49.4 Å². The summed E-state index contributed by atoms with van der Waals surface area (Å²) in [7, 11) is 0. The number of aromatic carboxylic acids is 1. The number of carboxylic acids is 5. The summed E-state index contributed by atoms with van der Waals surface area (Å²) in [6.45, 7) is -0.325. The first-order chi connectivity index (χ1) is 31.3. The van der Waals surface area contributed by atoms with Crippen LogP contribution in [0.2, 0.25) is 0 Å². The van der Waals surface area contributed by atoms with Gasteiger partial charge in [-0.2, -0.15) is 0 Å². The van der Waals surface area contributed by atoms with Gasteiger partial charge in [0.05, 0.1) is 16.9 Å². The molecule has 0 aromatic heterocycles. The van der Waals surface area contributed by atoms with Crippen molar-refractivity contribution in [2.45, 2.75) is 20.4 Å². The molecule has 4 aromatic carbocycles. The van der Waals surface area contributed by atoms with Gasteiger partial charge in [0.25, 0.3) is 5.91 Å². The number of rotatable bonds is 20. The Morgan fingerprint density at radius 1 is 0.652 bits per heavy atom. The number of halogens is 2. The summed E-state index contributed by atoms with van der Waals surface area (Å²) in [6, 6.07) is 16.8. The highest BCUT2D eigenvalue weighted by Gasteiger charge is 2.26.